The molecule has 0 radical (unpaired) electrons. The Morgan fingerprint density at radius 2 is 1.39 bits per heavy atom. The number of amides is 2. The topological polar surface area (TPSA) is 150 Å². The van der Waals surface area contributed by atoms with Crippen molar-refractivity contribution in [3.8, 4) is 0 Å². The highest BCUT2D eigenvalue weighted by Gasteiger charge is 2.28. The van der Waals surface area contributed by atoms with E-state index in [9.17, 15) is 19.5 Å². The molecule has 0 aliphatic rings. The van der Waals surface area contributed by atoms with Gasteiger partial charge in [-0.2, -0.15) is 0 Å². The summed E-state index contributed by atoms with van der Waals surface area (Å²) in [6, 6.07) is 15.1. The van der Waals surface area contributed by atoms with E-state index < -0.39 is 35.9 Å². The molecule has 0 bridgehead atoms. The summed E-state index contributed by atoms with van der Waals surface area (Å²) in [7, 11) is 0. The number of aliphatic carboxylic acids is 1. The third kappa shape index (κ3) is 7.29. The Bertz CT molecular complexity index is 1040. The molecule has 1 aromatic heterocycles. The van der Waals surface area contributed by atoms with Crippen LogP contribution < -0.4 is 16.4 Å². The van der Waals surface area contributed by atoms with Gasteiger partial charge in [0.1, 0.15) is 12.1 Å². The van der Waals surface area contributed by atoms with Crippen LogP contribution in [0.15, 0.2) is 73.2 Å². The number of hydrogen-bond acceptors (Lipinski definition) is 5. The van der Waals surface area contributed by atoms with Gasteiger partial charge in [0.05, 0.1) is 12.4 Å². The van der Waals surface area contributed by atoms with Crippen LogP contribution in [0.25, 0.3) is 0 Å². The number of aromatic amines is 1. The zero-order valence-corrected chi connectivity index (χ0v) is 18.0. The smallest absolute Gasteiger partial charge is 0.326 e. The summed E-state index contributed by atoms with van der Waals surface area (Å²) in [5.74, 6) is -2.27. The van der Waals surface area contributed by atoms with E-state index in [-0.39, 0.29) is 19.3 Å². The van der Waals surface area contributed by atoms with E-state index in [2.05, 4.69) is 20.6 Å². The molecule has 1 heterocycles. The molecule has 3 unspecified atom stereocenters. The molecule has 3 rings (SSSR count). The van der Waals surface area contributed by atoms with Gasteiger partial charge < -0.3 is 26.5 Å². The van der Waals surface area contributed by atoms with E-state index in [1.54, 1.807) is 30.5 Å². The first-order valence-electron chi connectivity index (χ1n) is 10.6. The summed E-state index contributed by atoms with van der Waals surface area (Å²) in [6.07, 6.45) is 3.59. The van der Waals surface area contributed by atoms with Crippen molar-refractivity contribution < 1.29 is 19.5 Å². The van der Waals surface area contributed by atoms with E-state index in [1.165, 1.54) is 6.33 Å². The summed E-state index contributed by atoms with van der Waals surface area (Å²) in [6.45, 7) is 0. The van der Waals surface area contributed by atoms with Gasteiger partial charge in [0.15, 0.2) is 0 Å². The molecule has 0 saturated carbocycles. The molecule has 0 fully saturated rings. The van der Waals surface area contributed by atoms with Gasteiger partial charge in [-0.25, -0.2) is 9.78 Å². The normalized spacial score (nSPS) is 13.5. The molecule has 172 valence electrons. The number of nitrogens with one attached hydrogen (secondary N) is 3. The van der Waals surface area contributed by atoms with Crippen LogP contribution >= 0.6 is 0 Å². The lowest BCUT2D eigenvalue weighted by Crippen LogP contribution is -2.55. The molecular weight excluding hydrogens is 422 g/mol. The second kappa shape index (κ2) is 11.6. The number of carbonyl (C=O) groups is 3. The Hall–Kier alpha value is -3.98. The van der Waals surface area contributed by atoms with Gasteiger partial charge in [-0.3, -0.25) is 9.59 Å². The largest absolute Gasteiger partial charge is 0.480 e. The van der Waals surface area contributed by atoms with Crippen LogP contribution in [0, 0.1) is 0 Å². The average Bonchev–Trinajstić information content (AvgIpc) is 3.32. The van der Waals surface area contributed by atoms with Crippen molar-refractivity contribution in [3.05, 3.63) is 90.0 Å². The first-order valence-corrected chi connectivity index (χ1v) is 10.6. The number of benzene rings is 2. The van der Waals surface area contributed by atoms with Gasteiger partial charge in [-0.15, -0.1) is 0 Å². The van der Waals surface area contributed by atoms with E-state index in [0.29, 0.717) is 5.69 Å². The highest BCUT2D eigenvalue weighted by molar-refractivity contribution is 5.92. The number of nitrogens with zero attached hydrogens (tertiary/aromatic N) is 1. The number of carboxylic acid groups (broad SMARTS) is 1. The van der Waals surface area contributed by atoms with Gasteiger partial charge in [-0.05, 0) is 11.1 Å². The van der Waals surface area contributed by atoms with Crippen molar-refractivity contribution in [3.63, 3.8) is 0 Å². The Kier molecular flexibility index (Phi) is 8.31. The van der Waals surface area contributed by atoms with Crippen LogP contribution in [0.5, 0.6) is 0 Å². The quantitative estimate of drug-likeness (QED) is 0.292. The summed E-state index contributed by atoms with van der Waals surface area (Å²) < 4.78 is 0. The lowest BCUT2D eigenvalue weighted by atomic mass is 10.0. The molecule has 0 aliphatic carbocycles. The Morgan fingerprint density at radius 3 is 1.91 bits per heavy atom. The minimum atomic E-state index is -1.16. The Labute approximate surface area is 191 Å². The predicted molar refractivity (Wildman–Crippen MR) is 122 cm³/mol. The number of imidazole rings is 1. The number of hydrogen-bond donors (Lipinski definition) is 5. The highest BCUT2D eigenvalue weighted by Crippen LogP contribution is 2.08. The molecule has 0 spiro atoms. The SMILES string of the molecule is NC(Cc1cnc[nH]1)C(=O)NC(Cc1ccccc1)C(=O)NC(Cc1ccccc1)C(=O)O. The van der Waals surface area contributed by atoms with Crippen molar-refractivity contribution >= 4 is 17.8 Å². The van der Waals surface area contributed by atoms with E-state index in [4.69, 9.17) is 5.73 Å². The number of nitrogens with two attached hydrogens (primary N) is 1. The molecular formula is C24H27N5O4. The minimum absolute atomic E-state index is 0.118. The molecule has 3 atom stereocenters. The number of carboxylic acids is 1. The molecule has 9 heteroatoms. The van der Waals surface area contributed by atoms with Gasteiger partial charge in [0.2, 0.25) is 11.8 Å². The van der Waals surface area contributed by atoms with Gasteiger partial charge in [-0.1, -0.05) is 60.7 Å². The molecule has 0 saturated heterocycles. The zero-order chi connectivity index (χ0) is 23.6. The summed E-state index contributed by atoms with van der Waals surface area (Å²) >= 11 is 0. The maximum atomic E-state index is 13.1. The molecule has 2 amide bonds. The van der Waals surface area contributed by atoms with E-state index >= 15 is 0 Å². The molecule has 9 nitrogen and oxygen atoms in total. The number of rotatable bonds is 11. The van der Waals surface area contributed by atoms with E-state index in [1.807, 2.05) is 36.4 Å². The monoisotopic (exact) mass is 449 g/mol. The molecule has 2 aromatic carbocycles. The average molecular weight is 450 g/mol. The molecule has 3 aromatic rings. The van der Waals surface area contributed by atoms with Crippen LogP contribution in [0.4, 0.5) is 0 Å². The maximum absolute atomic E-state index is 13.1. The van der Waals surface area contributed by atoms with Crippen LogP contribution in [-0.4, -0.2) is 51.0 Å². The standard InChI is InChI=1S/C24H27N5O4/c25-19(13-18-14-26-15-27-18)22(30)28-20(11-16-7-3-1-4-8-16)23(31)29-21(24(32)33)12-17-9-5-2-6-10-17/h1-10,14-15,19-21H,11-13,25H2,(H,26,27)(H,28,30)(H,29,31)(H,32,33). The van der Waals surface area contributed by atoms with Crippen molar-refractivity contribution in [2.75, 3.05) is 0 Å². The fourth-order valence-corrected chi connectivity index (χ4v) is 3.39. The second-order valence-electron chi connectivity index (χ2n) is 7.73. The number of H-pyrrole nitrogens is 1. The summed E-state index contributed by atoms with van der Waals surface area (Å²) in [5.41, 5.74) is 8.29. The van der Waals surface area contributed by atoms with Crippen molar-refractivity contribution in [2.45, 2.75) is 37.4 Å². The first kappa shape index (κ1) is 23.7. The van der Waals surface area contributed by atoms with Crippen LogP contribution in [0.3, 0.4) is 0 Å². The van der Waals surface area contributed by atoms with Crippen molar-refractivity contribution in [1.29, 1.82) is 0 Å². The minimum Gasteiger partial charge on any atom is -0.480 e. The second-order valence-corrected chi connectivity index (χ2v) is 7.73. The predicted octanol–water partition coefficient (Wildman–Crippen LogP) is 0.819. The zero-order valence-electron chi connectivity index (χ0n) is 18.0. The molecule has 6 N–H and O–H groups in total. The van der Waals surface area contributed by atoms with Crippen LogP contribution in [-0.2, 0) is 33.6 Å². The van der Waals surface area contributed by atoms with Crippen molar-refractivity contribution in [1.82, 2.24) is 20.6 Å². The first-order chi connectivity index (χ1) is 15.9. The Balaban J connectivity index is 1.72. The lowest BCUT2D eigenvalue weighted by molar-refractivity contribution is -0.142. The third-order valence-electron chi connectivity index (χ3n) is 5.14. The highest BCUT2D eigenvalue weighted by atomic mass is 16.4. The summed E-state index contributed by atoms with van der Waals surface area (Å²) in [5, 5.41) is 14.9. The van der Waals surface area contributed by atoms with Gasteiger partial charge >= 0.3 is 5.97 Å². The number of carbonyl (C=O) groups excluding carboxylic acids is 2. The molecule has 33 heavy (non-hydrogen) atoms. The maximum Gasteiger partial charge on any atom is 0.326 e. The van der Waals surface area contributed by atoms with Crippen LogP contribution in [0.2, 0.25) is 0 Å². The molecule has 0 aliphatic heterocycles. The van der Waals surface area contributed by atoms with Gasteiger partial charge in [0, 0.05) is 31.2 Å². The third-order valence-corrected chi connectivity index (χ3v) is 5.14. The van der Waals surface area contributed by atoms with E-state index in [0.717, 1.165) is 11.1 Å². The number of aromatic nitrogens is 2. The lowest BCUT2D eigenvalue weighted by Gasteiger charge is -2.23. The summed E-state index contributed by atoms with van der Waals surface area (Å²) in [4.78, 5) is 44.4. The Morgan fingerprint density at radius 1 is 0.848 bits per heavy atom. The fourth-order valence-electron chi connectivity index (χ4n) is 3.39. The fraction of sp³-hybridized carbons (Fsp3) is 0.250. The van der Waals surface area contributed by atoms with Crippen LogP contribution in [0.1, 0.15) is 16.8 Å². The van der Waals surface area contributed by atoms with Crippen molar-refractivity contribution in [2.24, 2.45) is 5.73 Å². The van der Waals surface area contributed by atoms with Gasteiger partial charge in [0.25, 0.3) is 0 Å².